The predicted octanol–water partition coefficient (Wildman–Crippen LogP) is 4.45. The van der Waals surface area contributed by atoms with Gasteiger partial charge in [0.25, 0.3) is 0 Å². The highest BCUT2D eigenvalue weighted by atomic mass is 79.9. The molecule has 0 saturated carbocycles. The molecule has 0 bridgehead atoms. The molecule has 0 spiro atoms. The van der Waals surface area contributed by atoms with Gasteiger partial charge in [0.15, 0.2) is 5.82 Å². The Morgan fingerprint density at radius 2 is 1.89 bits per heavy atom. The van der Waals surface area contributed by atoms with Crippen LogP contribution in [0.4, 0.5) is 0 Å². The number of nitrogens with zero attached hydrogens (tertiary/aromatic N) is 2. The molecule has 1 aromatic carbocycles. The molecule has 1 unspecified atom stereocenters. The van der Waals surface area contributed by atoms with Crippen LogP contribution in [0.5, 0.6) is 0 Å². The first kappa shape index (κ1) is 13.6. The van der Waals surface area contributed by atoms with Crippen LogP contribution in [0, 0.1) is 5.92 Å². The number of hydrogen-bond acceptors (Lipinski definition) is 3. The predicted molar refractivity (Wildman–Crippen MR) is 74.7 cm³/mol. The molecule has 96 valence electrons. The van der Waals surface area contributed by atoms with E-state index in [2.05, 4.69) is 59.0 Å². The second-order valence-electron chi connectivity index (χ2n) is 4.73. The van der Waals surface area contributed by atoms with E-state index in [9.17, 15) is 0 Å². The number of aromatic nitrogens is 2. The number of rotatable bonds is 3. The number of halogens is 2. The van der Waals surface area contributed by atoms with E-state index in [0.717, 1.165) is 10.0 Å². The van der Waals surface area contributed by atoms with Crippen molar-refractivity contribution in [3.63, 3.8) is 0 Å². The Kier molecular flexibility index (Phi) is 3.78. The minimum Gasteiger partial charge on any atom is -0.321 e. The van der Waals surface area contributed by atoms with Gasteiger partial charge in [0.05, 0.1) is 5.41 Å². The molecule has 5 heteroatoms. The molecular weight excluding hydrogens is 316 g/mol. The van der Waals surface area contributed by atoms with E-state index in [-0.39, 0.29) is 10.8 Å². The third kappa shape index (κ3) is 2.31. The summed E-state index contributed by atoms with van der Waals surface area (Å²) in [5, 5.41) is 4.06. The number of benzene rings is 1. The van der Waals surface area contributed by atoms with Crippen LogP contribution in [0.15, 0.2) is 33.3 Å². The van der Waals surface area contributed by atoms with Crippen molar-refractivity contribution in [3.05, 3.63) is 45.5 Å². The molecule has 0 aliphatic carbocycles. The van der Waals surface area contributed by atoms with Crippen LogP contribution in [0.1, 0.15) is 32.2 Å². The molecule has 1 atom stereocenters. The Hall–Kier alpha value is -0.870. The molecule has 0 N–H and O–H groups in total. The van der Waals surface area contributed by atoms with Gasteiger partial charge >= 0.3 is 5.35 Å². The summed E-state index contributed by atoms with van der Waals surface area (Å²) < 4.78 is 5.95. The zero-order valence-corrected chi connectivity index (χ0v) is 12.8. The first-order valence-corrected chi connectivity index (χ1v) is 6.87. The lowest BCUT2D eigenvalue weighted by molar-refractivity contribution is 0.348. The Morgan fingerprint density at radius 3 is 2.33 bits per heavy atom. The van der Waals surface area contributed by atoms with Gasteiger partial charge in [-0.05, 0) is 42.1 Å². The van der Waals surface area contributed by atoms with Crippen molar-refractivity contribution in [2.24, 2.45) is 5.92 Å². The van der Waals surface area contributed by atoms with E-state index in [1.165, 1.54) is 0 Å². The van der Waals surface area contributed by atoms with Gasteiger partial charge in [-0.2, -0.15) is 4.98 Å². The fourth-order valence-corrected chi connectivity index (χ4v) is 2.31. The molecule has 0 aliphatic heterocycles. The molecule has 0 saturated heterocycles. The van der Waals surface area contributed by atoms with Gasteiger partial charge in [0.1, 0.15) is 0 Å². The van der Waals surface area contributed by atoms with E-state index in [1.54, 1.807) is 0 Å². The van der Waals surface area contributed by atoms with Crippen LogP contribution >= 0.6 is 27.5 Å². The minimum absolute atomic E-state index is 0.0778. The lowest BCUT2D eigenvalue weighted by atomic mass is 9.73. The second-order valence-corrected chi connectivity index (χ2v) is 5.97. The third-order valence-corrected chi connectivity index (χ3v) is 4.15. The van der Waals surface area contributed by atoms with E-state index < -0.39 is 0 Å². The maximum absolute atomic E-state index is 5.74. The third-order valence-electron chi connectivity index (χ3n) is 3.46. The van der Waals surface area contributed by atoms with E-state index in [4.69, 9.17) is 16.1 Å². The smallest absolute Gasteiger partial charge is 0.320 e. The summed E-state index contributed by atoms with van der Waals surface area (Å²) in [6.07, 6.45) is 0. The molecule has 0 fully saturated rings. The molecule has 2 aromatic rings. The molecule has 1 aromatic heterocycles. The summed E-state index contributed by atoms with van der Waals surface area (Å²) in [4.78, 5) is 4.18. The molecule has 2 rings (SSSR count). The Morgan fingerprint density at radius 1 is 1.28 bits per heavy atom. The van der Waals surface area contributed by atoms with Gasteiger partial charge < -0.3 is 4.52 Å². The van der Waals surface area contributed by atoms with Crippen LogP contribution in [0.2, 0.25) is 5.35 Å². The summed E-state index contributed by atoms with van der Waals surface area (Å²) in [6, 6.07) is 8.15. The fraction of sp³-hybridized carbons (Fsp3) is 0.385. The lowest BCUT2D eigenvalue weighted by Crippen LogP contribution is -2.31. The van der Waals surface area contributed by atoms with Crippen molar-refractivity contribution in [1.29, 1.82) is 0 Å². The normalized spacial score (nSPS) is 14.8. The molecule has 0 radical (unpaired) electrons. The van der Waals surface area contributed by atoms with E-state index in [1.807, 2.05) is 12.1 Å². The van der Waals surface area contributed by atoms with Crippen molar-refractivity contribution >= 4 is 27.5 Å². The van der Waals surface area contributed by atoms with Crippen LogP contribution in [-0.2, 0) is 5.41 Å². The zero-order valence-electron chi connectivity index (χ0n) is 10.4. The topological polar surface area (TPSA) is 38.9 Å². The Bertz CT molecular complexity index is 538. The van der Waals surface area contributed by atoms with Crippen molar-refractivity contribution in [3.8, 4) is 0 Å². The second kappa shape index (κ2) is 5.02. The van der Waals surface area contributed by atoms with Gasteiger partial charge in [-0.25, -0.2) is 0 Å². The van der Waals surface area contributed by atoms with Gasteiger partial charge in [0, 0.05) is 4.47 Å². The standard InChI is InChI=1S/C13H14BrClN2O/c1-8(2)13(3,11-16-12(15)18-17-11)9-4-6-10(14)7-5-9/h4-8H,1-3H3. The van der Waals surface area contributed by atoms with Crippen molar-refractivity contribution < 1.29 is 4.52 Å². The Balaban J connectivity index is 2.54. The summed E-state index contributed by atoms with van der Waals surface area (Å²) in [5.41, 5.74) is 0.815. The largest absolute Gasteiger partial charge is 0.321 e. The molecule has 0 amide bonds. The summed E-state index contributed by atoms with van der Waals surface area (Å²) in [5.74, 6) is 0.928. The minimum atomic E-state index is -0.322. The quantitative estimate of drug-likeness (QED) is 0.835. The summed E-state index contributed by atoms with van der Waals surface area (Å²) in [6.45, 7) is 6.36. The first-order chi connectivity index (χ1) is 8.44. The molecule has 18 heavy (non-hydrogen) atoms. The van der Waals surface area contributed by atoms with Gasteiger partial charge in [-0.15, -0.1) is 0 Å². The van der Waals surface area contributed by atoms with Crippen molar-refractivity contribution in [2.45, 2.75) is 26.2 Å². The summed E-state index contributed by atoms with van der Waals surface area (Å²) in [7, 11) is 0. The summed E-state index contributed by atoms with van der Waals surface area (Å²) >= 11 is 9.17. The van der Waals surface area contributed by atoms with Gasteiger partial charge in [-0.3, -0.25) is 0 Å². The zero-order chi connectivity index (χ0) is 13.3. The molecular formula is C13H14BrClN2O. The molecule has 0 aliphatic rings. The van der Waals surface area contributed by atoms with Crippen LogP contribution in [0.25, 0.3) is 0 Å². The van der Waals surface area contributed by atoms with Crippen LogP contribution < -0.4 is 0 Å². The highest BCUT2D eigenvalue weighted by Gasteiger charge is 2.37. The van der Waals surface area contributed by atoms with Crippen LogP contribution in [-0.4, -0.2) is 10.1 Å². The monoisotopic (exact) mass is 328 g/mol. The molecule has 3 nitrogen and oxygen atoms in total. The SMILES string of the molecule is CC(C)C(C)(c1ccc(Br)cc1)c1noc(Cl)n1. The highest BCUT2D eigenvalue weighted by Crippen LogP contribution is 2.37. The lowest BCUT2D eigenvalue weighted by Gasteiger charge is -2.31. The Labute approximate surface area is 120 Å². The average molecular weight is 330 g/mol. The van der Waals surface area contributed by atoms with Gasteiger partial charge in [0.2, 0.25) is 0 Å². The van der Waals surface area contributed by atoms with E-state index >= 15 is 0 Å². The number of hydrogen-bond donors (Lipinski definition) is 0. The first-order valence-electron chi connectivity index (χ1n) is 5.70. The van der Waals surface area contributed by atoms with Crippen LogP contribution in [0.3, 0.4) is 0 Å². The van der Waals surface area contributed by atoms with Gasteiger partial charge in [-0.1, -0.05) is 47.1 Å². The fourth-order valence-electron chi connectivity index (χ4n) is 1.93. The average Bonchev–Trinajstić information content (AvgIpc) is 2.76. The maximum Gasteiger partial charge on any atom is 0.320 e. The molecule has 1 heterocycles. The van der Waals surface area contributed by atoms with E-state index in [0.29, 0.717) is 11.7 Å². The van der Waals surface area contributed by atoms with Crippen molar-refractivity contribution in [1.82, 2.24) is 10.1 Å². The van der Waals surface area contributed by atoms with Crippen molar-refractivity contribution in [2.75, 3.05) is 0 Å². The highest BCUT2D eigenvalue weighted by molar-refractivity contribution is 9.10. The maximum atomic E-state index is 5.74.